The first-order valence-electron chi connectivity index (χ1n) is 21.6. The van der Waals surface area contributed by atoms with E-state index in [0.29, 0.717) is 30.4 Å². The molecule has 0 spiro atoms. The van der Waals surface area contributed by atoms with Gasteiger partial charge < -0.3 is 9.97 Å². The molecule has 27 heteroatoms. The molecule has 6 aromatic carbocycles. The minimum Gasteiger partial charge on any atom is -0.354 e. The smallest absolute Gasteiger partial charge is 0.200 e. The van der Waals surface area contributed by atoms with Crippen LogP contribution < -0.4 is 0 Å². The highest BCUT2D eigenvalue weighted by Gasteiger charge is 2.36. The first-order chi connectivity index (χ1) is 37.5. The molecule has 0 aliphatic carbocycles. The maximum Gasteiger partial charge on any atom is 0.200 e. The second-order valence-electron chi connectivity index (χ2n) is 17.1. The van der Waals surface area contributed by atoms with Gasteiger partial charge in [-0.3, -0.25) is 0 Å². The van der Waals surface area contributed by atoms with Crippen molar-refractivity contribution < 1.29 is 83.4 Å². The second-order valence-corrected chi connectivity index (χ2v) is 17.1. The molecule has 5 aromatic heterocycles. The summed E-state index contributed by atoms with van der Waals surface area (Å²) in [4.78, 5) is 21.2. The zero-order valence-corrected chi connectivity index (χ0v) is 37.4. The monoisotopic (exact) mass is 1110 g/mol. The fraction of sp³-hybridized carbons (Fsp3) is 0. The number of benzene rings is 6. The van der Waals surface area contributed by atoms with Gasteiger partial charge in [0.25, 0.3) is 0 Å². The summed E-state index contributed by atoms with van der Waals surface area (Å²) in [6.07, 6.45) is 1.25. The Kier molecular flexibility index (Phi) is 10.7. The topological polar surface area (TPSA) is 131 Å². The van der Waals surface area contributed by atoms with E-state index >= 15 is 70.2 Å². The Labute approximate surface area is 420 Å². The first kappa shape index (κ1) is 49.8. The number of hydrogen-bond donors (Lipinski definition) is 2. The van der Waals surface area contributed by atoms with Crippen molar-refractivity contribution in [3.8, 4) is 45.5 Å². The summed E-state index contributed by atoms with van der Waals surface area (Å²) in [7, 11) is 0. The van der Waals surface area contributed by atoms with Gasteiger partial charge in [0.1, 0.15) is 12.1 Å². The van der Waals surface area contributed by atoms with Crippen LogP contribution in [0.3, 0.4) is 0 Å². The van der Waals surface area contributed by atoms with Gasteiger partial charge in [0.2, 0.25) is 17.5 Å². The van der Waals surface area contributed by atoms with Crippen LogP contribution in [-0.4, -0.2) is 29.9 Å². The number of fused-ring (bicyclic) bond motifs is 14. The van der Waals surface area contributed by atoms with E-state index in [9.17, 15) is 23.7 Å². The largest absolute Gasteiger partial charge is 0.354 e. The number of aromatic amines is 2. The van der Waals surface area contributed by atoms with Crippen molar-refractivity contribution in [2.45, 2.75) is 0 Å². The molecule has 2 N–H and O–H groups in total. The van der Waals surface area contributed by atoms with Crippen LogP contribution in [-0.2, 0) is 0 Å². The minimum absolute atomic E-state index is 0.618. The number of hydrogen-bond acceptors (Lipinski definition) is 6. The maximum absolute atomic E-state index is 17.0. The third-order valence-electron chi connectivity index (χ3n) is 13.1. The first-order valence-corrected chi connectivity index (χ1v) is 21.6. The molecule has 8 nitrogen and oxygen atoms in total. The Morgan fingerprint density at radius 2 is 0.658 bits per heavy atom. The minimum atomic E-state index is -2.76. The quantitative estimate of drug-likeness (QED) is 0.0784. The molecular weight excluding hydrogens is 1100 g/mol. The van der Waals surface area contributed by atoms with Crippen LogP contribution in [0.5, 0.6) is 0 Å². The lowest BCUT2D eigenvalue weighted by Crippen LogP contribution is -2.05. The van der Waals surface area contributed by atoms with Gasteiger partial charge in [0.15, 0.2) is 104 Å². The summed E-state index contributed by atoms with van der Waals surface area (Å²) in [5.74, 6) is -49.6. The van der Waals surface area contributed by atoms with Gasteiger partial charge in [0, 0.05) is 71.1 Å². The lowest BCUT2D eigenvalue weighted by Gasteiger charge is -2.13. The number of aromatic nitrogens is 6. The maximum atomic E-state index is 17.0. The predicted molar refractivity (Wildman–Crippen MR) is 240 cm³/mol. The van der Waals surface area contributed by atoms with Gasteiger partial charge in [-0.1, -0.05) is 0 Å². The molecule has 6 heterocycles. The van der Waals surface area contributed by atoms with Gasteiger partial charge in [-0.15, -0.1) is 0 Å². The summed E-state index contributed by atoms with van der Waals surface area (Å²) in [5.41, 5.74) is -20.6. The molecule has 0 atom stereocenters. The van der Waals surface area contributed by atoms with Gasteiger partial charge in [-0.05, 0) is 42.5 Å². The molecule has 11 aromatic rings. The molecule has 1 aliphatic rings. The molecule has 0 radical (unpaired) electrons. The number of nitrogens with zero attached hydrogens (tertiary/aromatic N) is 6. The summed E-state index contributed by atoms with van der Waals surface area (Å²) in [6.45, 7) is 0. The Morgan fingerprint density at radius 1 is 0.304 bits per heavy atom. The molecule has 0 unspecified atom stereocenters. The summed E-state index contributed by atoms with van der Waals surface area (Å²) < 4.78 is 299. The zero-order valence-electron chi connectivity index (χ0n) is 37.4. The van der Waals surface area contributed by atoms with Crippen molar-refractivity contribution >= 4 is 88.6 Å². The van der Waals surface area contributed by atoms with E-state index < -0.39 is 243 Å². The highest BCUT2D eigenvalue weighted by Crippen LogP contribution is 2.50. The van der Waals surface area contributed by atoms with E-state index in [2.05, 4.69) is 29.9 Å². The molecule has 12 rings (SSSR count). The predicted octanol–water partition coefficient (Wildman–Crippen LogP) is 15.0. The van der Waals surface area contributed by atoms with Crippen LogP contribution in [0.1, 0.15) is 22.8 Å². The number of halogens is 19. The Morgan fingerprint density at radius 3 is 1.10 bits per heavy atom. The van der Waals surface area contributed by atoms with Crippen molar-refractivity contribution in [1.29, 1.82) is 10.5 Å². The standard InChI is InChI=1S/C52H9F19N8/c53-31-25-23-15-5-3-13(75-15)21(28-33(55)41(63)47(69)42(64)34(28)56)11-1-2-12(74-11)22(29-35(57)43(65)48(70)44(66)36(29)58)14-4-6-16(76-14)24(30-37(59)45(67)49(71)46(68)38(30)60)50-10-7-17-51(78-19(9-73)18(8-72)77-17)27(20(10)52(23)79-50)26(25)32(54)40(62)39(31)61/h1-7,75-76H. The van der Waals surface area contributed by atoms with Crippen LogP contribution >= 0.6 is 0 Å². The lowest BCUT2D eigenvalue weighted by atomic mass is 9.93. The molecule has 79 heavy (non-hydrogen) atoms. The van der Waals surface area contributed by atoms with Gasteiger partial charge >= 0.3 is 0 Å². The number of H-pyrrole nitrogens is 2. The van der Waals surface area contributed by atoms with Gasteiger partial charge in [-0.2, -0.15) is 10.5 Å². The van der Waals surface area contributed by atoms with Gasteiger partial charge in [0.05, 0.1) is 50.1 Å². The van der Waals surface area contributed by atoms with Gasteiger partial charge in [-0.25, -0.2) is 103 Å². The average molecular weight is 1110 g/mol. The fourth-order valence-electron chi connectivity index (χ4n) is 9.78. The van der Waals surface area contributed by atoms with Crippen LogP contribution in [0, 0.1) is 133 Å². The normalized spacial score (nSPS) is 12.2. The lowest BCUT2D eigenvalue weighted by molar-refractivity contribution is 0.381. The highest BCUT2D eigenvalue weighted by atomic mass is 19.2. The molecule has 0 fully saturated rings. The molecule has 0 saturated heterocycles. The molecule has 0 saturated carbocycles. The Hall–Kier alpha value is -10.1. The van der Waals surface area contributed by atoms with E-state index in [1.54, 1.807) is 0 Å². The molecule has 8 bridgehead atoms. The van der Waals surface area contributed by atoms with Crippen molar-refractivity contribution in [1.82, 2.24) is 29.9 Å². The Balaban J connectivity index is 1.47. The molecule has 390 valence electrons. The SMILES string of the molecule is N#Cc1nc2cc3c4nc5c(c6ccc([nH]6)c(-c6c(F)c(F)c(F)c(F)c6F)c6nc(c(-c7c(F)c(F)c(F)c(F)c7F)c7ccc([nH]7)c4-c4c(F)c(F)c(F)c(F)c4F)C=C6)c4c(F)c(F)c(F)c(F)c4c(c2nc1C#N)c35. The van der Waals surface area contributed by atoms with Crippen LogP contribution in [0.4, 0.5) is 83.4 Å². The van der Waals surface area contributed by atoms with Crippen molar-refractivity contribution in [2.24, 2.45) is 0 Å². The zero-order chi connectivity index (χ0) is 56.4. The molecular formula is C52H9F19N8. The third-order valence-corrected chi connectivity index (χ3v) is 13.1. The second kappa shape index (κ2) is 17.0. The fourth-order valence-corrected chi connectivity index (χ4v) is 9.78. The number of rotatable bonds is 3. The molecule has 1 aliphatic heterocycles. The Bertz CT molecular complexity index is 4910. The van der Waals surface area contributed by atoms with Crippen molar-refractivity contribution in [3.63, 3.8) is 0 Å². The van der Waals surface area contributed by atoms with Crippen LogP contribution in [0.15, 0.2) is 30.3 Å². The highest BCUT2D eigenvalue weighted by molar-refractivity contribution is 6.39. The average Bonchev–Trinajstić information content (AvgIpc) is 3.87. The van der Waals surface area contributed by atoms with E-state index in [-0.39, 0.29) is 0 Å². The van der Waals surface area contributed by atoms with E-state index in [0.717, 1.165) is 12.1 Å². The molecule has 0 amide bonds. The summed E-state index contributed by atoms with van der Waals surface area (Å²) >= 11 is 0. The third kappa shape index (κ3) is 6.52. The van der Waals surface area contributed by atoms with E-state index in [4.69, 9.17) is 0 Å². The van der Waals surface area contributed by atoms with Crippen molar-refractivity contribution in [2.75, 3.05) is 0 Å². The van der Waals surface area contributed by atoms with Crippen LogP contribution in [0.2, 0.25) is 0 Å². The number of nitriles is 2. The van der Waals surface area contributed by atoms with E-state index in [1.807, 2.05) is 0 Å². The summed E-state index contributed by atoms with van der Waals surface area (Å²) in [6, 6.07) is 6.51. The number of nitrogens with one attached hydrogen (secondary N) is 2. The summed E-state index contributed by atoms with van der Waals surface area (Å²) in [5, 5.41) is 13.7. The van der Waals surface area contributed by atoms with Crippen LogP contribution in [0.25, 0.3) is 122 Å². The van der Waals surface area contributed by atoms with Crippen molar-refractivity contribution in [3.05, 3.63) is 164 Å². The van der Waals surface area contributed by atoms with E-state index in [1.165, 1.54) is 12.1 Å².